The number of hydrogen-bond acceptors (Lipinski definition) is 3. The van der Waals surface area contributed by atoms with Crippen LogP contribution in [0.4, 0.5) is 5.69 Å². The number of nitrogens with two attached hydrogens (primary N) is 1. The molecule has 0 saturated carbocycles. The molecular weight excluding hydrogens is 280 g/mol. The van der Waals surface area contributed by atoms with Crippen molar-refractivity contribution in [2.45, 2.75) is 12.8 Å². The normalized spacial score (nSPS) is 18.0. The number of benzene rings is 2. The van der Waals surface area contributed by atoms with Gasteiger partial charge >= 0.3 is 0 Å². The van der Waals surface area contributed by atoms with Crippen LogP contribution in [0.25, 0.3) is 10.8 Å². The third-order valence-corrected chi connectivity index (χ3v) is 4.30. The summed E-state index contributed by atoms with van der Waals surface area (Å²) in [4.78, 5) is 0.445. The van der Waals surface area contributed by atoms with E-state index in [9.17, 15) is 0 Å². The fraction of sp³-hybridized carbons (Fsp3) is 0.353. The van der Waals surface area contributed by atoms with E-state index in [0.717, 1.165) is 42.8 Å². The second-order valence-corrected chi connectivity index (χ2v) is 5.96. The lowest BCUT2D eigenvalue weighted by Gasteiger charge is -2.14. The largest absolute Gasteiger partial charge is 0.389 e. The van der Waals surface area contributed by atoms with E-state index < -0.39 is 0 Å². The third-order valence-electron chi connectivity index (χ3n) is 4.08. The minimum atomic E-state index is 0.445. The van der Waals surface area contributed by atoms with Gasteiger partial charge in [0.2, 0.25) is 0 Å². The average Bonchev–Trinajstić information content (AvgIpc) is 3.00. The molecule has 1 aliphatic rings. The molecule has 0 radical (unpaired) electrons. The number of thiocarbonyl (C=S) groups is 1. The van der Waals surface area contributed by atoms with Gasteiger partial charge in [-0.15, -0.1) is 0 Å². The highest BCUT2D eigenvalue weighted by Gasteiger charge is 2.15. The van der Waals surface area contributed by atoms with Gasteiger partial charge in [-0.2, -0.15) is 0 Å². The van der Waals surface area contributed by atoms with Crippen LogP contribution in [0.5, 0.6) is 0 Å². The summed E-state index contributed by atoms with van der Waals surface area (Å²) >= 11 is 5.14. The van der Waals surface area contributed by atoms with Gasteiger partial charge < -0.3 is 15.8 Å². The SMILES string of the molecule is NC(=S)c1ccc(NCCC2CCOC2)c2ccccc12. The average molecular weight is 300 g/mol. The van der Waals surface area contributed by atoms with Gasteiger partial charge in [0.15, 0.2) is 0 Å². The van der Waals surface area contributed by atoms with E-state index in [-0.39, 0.29) is 0 Å². The Labute approximate surface area is 130 Å². The molecule has 1 saturated heterocycles. The number of hydrogen-bond donors (Lipinski definition) is 2. The lowest BCUT2D eigenvalue weighted by atomic mass is 10.0. The lowest BCUT2D eigenvalue weighted by Crippen LogP contribution is -2.12. The molecule has 4 heteroatoms. The van der Waals surface area contributed by atoms with E-state index in [4.69, 9.17) is 22.7 Å². The number of anilines is 1. The molecule has 2 aromatic carbocycles. The summed E-state index contributed by atoms with van der Waals surface area (Å²) in [6.07, 6.45) is 2.33. The quantitative estimate of drug-likeness (QED) is 0.832. The molecule has 21 heavy (non-hydrogen) atoms. The topological polar surface area (TPSA) is 47.3 Å². The lowest BCUT2D eigenvalue weighted by molar-refractivity contribution is 0.185. The second-order valence-electron chi connectivity index (χ2n) is 5.52. The van der Waals surface area contributed by atoms with Crippen molar-refractivity contribution >= 4 is 33.7 Å². The molecule has 1 fully saturated rings. The number of nitrogens with one attached hydrogen (secondary N) is 1. The van der Waals surface area contributed by atoms with Crippen LogP contribution in [0.1, 0.15) is 18.4 Å². The van der Waals surface area contributed by atoms with Crippen LogP contribution in [0.2, 0.25) is 0 Å². The van der Waals surface area contributed by atoms with E-state index in [1.165, 1.54) is 11.8 Å². The molecule has 2 aromatic rings. The zero-order chi connectivity index (χ0) is 14.7. The first kappa shape index (κ1) is 14.3. The summed E-state index contributed by atoms with van der Waals surface area (Å²) in [7, 11) is 0. The number of ether oxygens (including phenoxy) is 1. The molecule has 0 spiro atoms. The smallest absolute Gasteiger partial charge is 0.104 e. The van der Waals surface area contributed by atoms with Crippen molar-refractivity contribution in [1.29, 1.82) is 0 Å². The molecule has 3 nitrogen and oxygen atoms in total. The van der Waals surface area contributed by atoms with E-state index in [1.807, 2.05) is 18.2 Å². The van der Waals surface area contributed by atoms with E-state index in [2.05, 4.69) is 23.5 Å². The Morgan fingerprint density at radius 3 is 2.76 bits per heavy atom. The van der Waals surface area contributed by atoms with Crippen LogP contribution in [0.15, 0.2) is 36.4 Å². The van der Waals surface area contributed by atoms with Crippen LogP contribution in [0, 0.1) is 5.92 Å². The summed E-state index contributed by atoms with van der Waals surface area (Å²) < 4.78 is 5.42. The maximum atomic E-state index is 5.81. The molecule has 1 atom stereocenters. The minimum Gasteiger partial charge on any atom is -0.389 e. The van der Waals surface area contributed by atoms with Crippen LogP contribution in [-0.4, -0.2) is 24.7 Å². The van der Waals surface area contributed by atoms with Crippen molar-refractivity contribution in [1.82, 2.24) is 0 Å². The molecule has 3 N–H and O–H groups in total. The number of fused-ring (bicyclic) bond motifs is 1. The highest BCUT2D eigenvalue weighted by atomic mass is 32.1. The summed E-state index contributed by atoms with van der Waals surface area (Å²) in [6.45, 7) is 2.78. The van der Waals surface area contributed by atoms with Crippen LogP contribution in [-0.2, 0) is 4.74 Å². The van der Waals surface area contributed by atoms with Crippen molar-refractivity contribution in [3.05, 3.63) is 42.0 Å². The Bertz CT molecular complexity index is 650. The van der Waals surface area contributed by atoms with Crippen LogP contribution >= 0.6 is 12.2 Å². The van der Waals surface area contributed by atoms with Crippen molar-refractivity contribution in [2.24, 2.45) is 11.7 Å². The Morgan fingerprint density at radius 1 is 1.24 bits per heavy atom. The van der Waals surface area contributed by atoms with Gasteiger partial charge in [-0.25, -0.2) is 0 Å². The first-order valence-corrected chi connectivity index (χ1v) is 7.79. The Hall–Kier alpha value is -1.65. The predicted molar refractivity (Wildman–Crippen MR) is 91.9 cm³/mol. The monoisotopic (exact) mass is 300 g/mol. The van der Waals surface area contributed by atoms with Crippen molar-refractivity contribution in [2.75, 3.05) is 25.1 Å². The molecule has 1 heterocycles. The Balaban J connectivity index is 1.79. The van der Waals surface area contributed by atoms with Gasteiger partial charge in [0.25, 0.3) is 0 Å². The van der Waals surface area contributed by atoms with Crippen LogP contribution in [0.3, 0.4) is 0 Å². The van der Waals surface area contributed by atoms with Gasteiger partial charge in [-0.1, -0.05) is 36.5 Å². The fourth-order valence-corrected chi connectivity index (χ4v) is 3.07. The molecule has 110 valence electrons. The predicted octanol–water partition coefficient (Wildman–Crippen LogP) is 3.31. The fourth-order valence-electron chi connectivity index (χ4n) is 2.89. The van der Waals surface area contributed by atoms with Gasteiger partial charge in [0, 0.05) is 36.4 Å². The van der Waals surface area contributed by atoms with E-state index in [1.54, 1.807) is 0 Å². The molecular formula is C17H20N2OS. The first-order chi connectivity index (χ1) is 10.3. The van der Waals surface area contributed by atoms with Crippen molar-refractivity contribution in [3.63, 3.8) is 0 Å². The molecule has 0 aliphatic carbocycles. The summed E-state index contributed by atoms with van der Waals surface area (Å²) in [5, 5.41) is 5.82. The highest BCUT2D eigenvalue weighted by molar-refractivity contribution is 7.80. The molecule has 3 rings (SSSR count). The van der Waals surface area contributed by atoms with Crippen molar-refractivity contribution < 1.29 is 4.74 Å². The molecule has 1 unspecified atom stereocenters. The summed E-state index contributed by atoms with van der Waals surface area (Å²) in [5.74, 6) is 0.694. The minimum absolute atomic E-state index is 0.445. The highest BCUT2D eigenvalue weighted by Crippen LogP contribution is 2.27. The van der Waals surface area contributed by atoms with Gasteiger partial charge in [0.05, 0.1) is 0 Å². The van der Waals surface area contributed by atoms with Crippen LogP contribution < -0.4 is 11.1 Å². The number of rotatable bonds is 5. The zero-order valence-electron chi connectivity index (χ0n) is 12.0. The molecule has 1 aliphatic heterocycles. The Kier molecular flexibility index (Phi) is 4.36. The third kappa shape index (κ3) is 3.17. The van der Waals surface area contributed by atoms with E-state index >= 15 is 0 Å². The zero-order valence-corrected chi connectivity index (χ0v) is 12.8. The maximum absolute atomic E-state index is 5.81. The standard InChI is InChI=1S/C17H20N2OS/c18-17(21)15-5-6-16(14-4-2-1-3-13(14)15)19-9-7-12-8-10-20-11-12/h1-6,12,19H,7-11H2,(H2,18,21). The van der Waals surface area contributed by atoms with Gasteiger partial charge in [-0.3, -0.25) is 0 Å². The maximum Gasteiger partial charge on any atom is 0.104 e. The van der Waals surface area contributed by atoms with E-state index in [0.29, 0.717) is 10.9 Å². The first-order valence-electron chi connectivity index (χ1n) is 7.39. The Morgan fingerprint density at radius 2 is 2.05 bits per heavy atom. The van der Waals surface area contributed by atoms with Crippen molar-refractivity contribution in [3.8, 4) is 0 Å². The summed E-state index contributed by atoms with van der Waals surface area (Å²) in [6, 6.07) is 12.3. The van der Waals surface area contributed by atoms with Gasteiger partial charge in [-0.05, 0) is 36.3 Å². The molecule has 0 bridgehead atoms. The van der Waals surface area contributed by atoms with Gasteiger partial charge in [0.1, 0.15) is 4.99 Å². The summed E-state index contributed by atoms with van der Waals surface area (Å²) in [5.41, 5.74) is 7.89. The second kappa shape index (κ2) is 6.41. The molecule has 0 aromatic heterocycles. The molecule has 0 amide bonds.